The van der Waals surface area contributed by atoms with Gasteiger partial charge in [0.25, 0.3) is 0 Å². The highest BCUT2D eigenvalue weighted by Crippen LogP contribution is 2.21. The normalized spacial score (nSPS) is 15.7. The molecule has 0 aliphatic heterocycles. The van der Waals surface area contributed by atoms with Crippen molar-refractivity contribution in [3.8, 4) is 0 Å². The Labute approximate surface area is 190 Å². The second kappa shape index (κ2) is 14.7. The van der Waals surface area contributed by atoms with Crippen molar-refractivity contribution in [2.45, 2.75) is 112 Å². The van der Waals surface area contributed by atoms with E-state index in [1.165, 1.54) is 12.8 Å². The van der Waals surface area contributed by atoms with Crippen molar-refractivity contribution in [2.75, 3.05) is 10.6 Å². The summed E-state index contributed by atoms with van der Waals surface area (Å²) < 4.78 is 0. The number of nitrogens with one attached hydrogen (secondary N) is 4. The highest BCUT2D eigenvalue weighted by Gasteiger charge is 2.12. The number of aliphatic hydroxyl groups excluding tert-OH is 2. The molecular formula is C25H48N4O2. The molecule has 6 heteroatoms. The molecule has 0 heterocycles. The third-order valence-corrected chi connectivity index (χ3v) is 5.56. The van der Waals surface area contributed by atoms with Crippen molar-refractivity contribution >= 4 is 11.4 Å². The minimum Gasteiger partial charge on any atom is -0.361 e. The topological polar surface area (TPSA) is 88.6 Å². The summed E-state index contributed by atoms with van der Waals surface area (Å²) in [6.07, 6.45) is 5.12. The first-order valence-electron chi connectivity index (χ1n) is 12.1. The van der Waals surface area contributed by atoms with E-state index in [1.807, 2.05) is 25.1 Å². The maximum atomic E-state index is 10.4. The fourth-order valence-corrected chi connectivity index (χ4v) is 3.63. The molecule has 180 valence electrons. The molecule has 0 spiro atoms. The fourth-order valence-electron chi connectivity index (χ4n) is 3.63. The monoisotopic (exact) mass is 436 g/mol. The number of rotatable bonds is 16. The van der Waals surface area contributed by atoms with E-state index in [0.29, 0.717) is 11.8 Å². The Balaban J connectivity index is 2.50. The molecule has 0 aromatic heterocycles. The van der Waals surface area contributed by atoms with Gasteiger partial charge in [0.2, 0.25) is 0 Å². The van der Waals surface area contributed by atoms with E-state index in [-0.39, 0.29) is 12.1 Å². The molecule has 0 aliphatic rings. The van der Waals surface area contributed by atoms with Crippen LogP contribution in [0.2, 0.25) is 0 Å². The SMILES string of the molecule is Cc1ccc(N[C@@H](O)NC(C)CCCC(C)C)cc1NC(O)NC(C)CCCC(C)C. The molecule has 6 N–H and O–H groups in total. The molecule has 4 atom stereocenters. The first kappa shape index (κ1) is 27.7. The lowest BCUT2D eigenvalue weighted by molar-refractivity contribution is 0.148. The van der Waals surface area contributed by atoms with Gasteiger partial charge in [0.1, 0.15) is 0 Å². The van der Waals surface area contributed by atoms with Gasteiger partial charge in [-0.05, 0) is 63.1 Å². The summed E-state index contributed by atoms with van der Waals surface area (Å²) in [5.41, 5.74) is 2.65. The second-order valence-electron chi connectivity index (χ2n) is 9.91. The highest BCUT2D eigenvalue weighted by molar-refractivity contribution is 5.61. The van der Waals surface area contributed by atoms with Gasteiger partial charge in [-0.1, -0.05) is 59.4 Å². The van der Waals surface area contributed by atoms with Crippen molar-refractivity contribution in [2.24, 2.45) is 11.8 Å². The first-order valence-corrected chi connectivity index (χ1v) is 12.1. The van der Waals surface area contributed by atoms with Gasteiger partial charge < -0.3 is 20.8 Å². The van der Waals surface area contributed by atoms with E-state index in [4.69, 9.17) is 0 Å². The molecule has 6 nitrogen and oxygen atoms in total. The van der Waals surface area contributed by atoms with Gasteiger partial charge in [-0.25, -0.2) is 0 Å². The maximum absolute atomic E-state index is 10.4. The zero-order valence-electron chi connectivity index (χ0n) is 20.8. The molecule has 0 fully saturated rings. The third-order valence-electron chi connectivity index (χ3n) is 5.56. The van der Waals surface area contributed by atoms with E-state index >= 15 is 0 Å². The van der Waals surface area contributed by atoms with E-state index < -0.39 is 12.7 Å². The highest BCUT2D eigenvalue weighted by atomic mass is 16.3. The van der Waals surface area contributed by atoms with Crippen LogP contribution in [0.4, 0.5) is 11.4 Å². The minimum atomic E-state index is -0.827. The molecule has 0 saturated heterocycles. The number of benzene rings is 1. The predicted molar refractivity (Wildman–Crippen MR) is 133 cm³/mol. The number of aliphatic hydroxyl groups is 2. The molecule has 1 rings (SSSR count). The Morgan fingerprint density at radius 3 is 1.68 bits per heavy atom. The molecule has 1 aromatic rings. The lowest BCUT2D eigenvalue weighted by Gasteiger charge is -2.24. The average Bonchev–Trinajstić information content (AvgIpc) is 2.63. The van der Waals surface area contributed by atoms with Gasteiger partial charge in [0.15, 0.2) is 12.7 Å². The van der Waals surface area contributed by atoms with E-state index in [9.17, 15) is 10.2 Å². The van der Waals surface area contributed by atoms with Crippen LogP contribution in [-0.2, 0) is 0 Å². The van der Waals surface area contributed by atoms with E-state index in [0.717, 1.165) is 42.6 Å². The first-order chi connectivity index (χ1) is 14.6. The lowest BCUT2D eigenvalue weighted by Crippen LogP contribution is -2.42. The quantitative estimate of drug-likeness (QED) is 0.205. The van der Waals surface area contributed by atoms with Crippen molar-refractivity contribution < 1.29 is 10.2 Å². The molecule has 0 amide bonds. The van der Waals surface area contributed by atoms with Crippen molar-refractivity contribution in [3.63, 3.8) is 0 Å². The van der Waals surface area contributed by atoms with Crippen LogP contribution in [0.3, 0.4) is 0 Å². The lowest BCUT2D eigenvalue weighted by atomic mass is 10.0. The zero-order chi connectivity index (χ0) is 23.4. The van der Waals surface area contributed by atoms with Crippen LogP contribution in [0, 0.1) is 18.8 Å². The smallest absolute Gasteiger partial charge is 0.181 e. The largest absolute Gasteiger partial charge is 0.361 e. The van der Waals surface area contributed by atoms with Crippen molar-refractivity contribution in [1.82, 2.24) is 10.6 Å². The molecule has 0 radical (unpaired) electrons. The standard InChI is InChI=1S/C25H48N4O2/c1-17(2)10-8-12-20(6)26-24(30)28-22-15-14-19(5)23(16-22)29-25(31)27-21(7)13-9-11-18(3)4/h14-18,20-21,24-31H,8-13H2,1-7H3/t20?,21?,24-,25?/m0/s1. The summed E-state index contributed by atoms with van der Waals surface area (Å²) >= 11 is 0. The Morgan fingerprint density at radius 1 is 0.710 bits per heavy atom. The summed E-state index contributed by atoms with van der Waals surface area (Å²) in [4.78, 5) is 0. The number of hydrogen-bond acceptors (Lipinski definition) is 6. The van der Waals surface area contributed by atoms with Gasteiger partial charge in [-0.15, -0.1) is 0 Å². The number of hydrogen-bond donors (Lipinski definition) is 6. The van der Waals surface area contributed by atoms with Crippen LogP contribution in [0.1, 0.15) is 85.6 Å². The molecular weight excluding hydrogens is 388 g/mol. The van der Waals surface area contributed by atoms with Gasteiger partial charge in [-0.2, -0.15) is 0 Å². The molecule has 3 unspecified atom stereocenters. The van der Waals surface area contributed by atoms with E-state index in [2.05, 4.69) is 62.8 Å². The zero-order valence-corrected chi connectivity index (χ0v) is 20.8. The molecule has 31 heavy (non-hydrogen) atoms. The minimum absolute atomic E-state index is 0.228. The van der Waals surface area contributed by atoms with Gasteiger partial charge in [-0.3, -0.25) is 10.6 Å². The van der Waals surface area contributed by atoms with Gasteiger partial charge in [0, 0.05) is 23.5 Å². The Kier molecular flexibility index (Phi) is 13.1. The van der Waals surface area contributed by atoms with Crippen molar-refractivity contribution in [3.05, 3.63) is 23.8 Å². The van der Waals surface area contributed by atoms with Crippen LogP contribution >= 0.6 is 0 Å². The van der Waals surface area contributed by atoms with Crippen LogP contribution in [-0.4, -0.2) is 35.0 Å². The van der Waals surface area contributed by atoms with E-state index in [1.54, 1.807) is 0 Å². The van der Waals surface area contributed by atoms with Crippen LogP contribution in [0.15, 0.2) is 18.2 Å². The van der Waals surface area contributed by atoms with Crippen LogP contribution in [0.5, 0.6) is 0 Å². The maximum Gasteiger partial charge on any atom is 0.181 e. The molecule has 0 aliphatic carbocycles. The molecule has 0 bridgehead atoms. The summed E-state index contributed by atoms with van der Waals surface area (Å²) in [5, 5.41) is 33.4. The van der Waals surface area contributed by atoms with Crippen LogP contribution in [0.25, 0.3) is 0 Å². The Hall–Kier alpha value is -1.34. The second-order valence-corrected chi connectivity index (χ2v) is 9.91. The number of anilines is 2. The number of aryl methyl sites for hydroxylation is 1. The van der Waals surface area contributed by atoms with Gasteiger partial charge >= 0.3 is 0 Å². The summed E-state index contributed by atoms with van der Waals surface area (Å²) in [6, 6.07) is 6.28. The average molecular weight is 437 g/mol. The summed E-state index contributed by atoms with van der Waals surface area (Å²) in [5.74, 6) is 1.42. The Bertz CT molecular complexity index is 609. The van der Waals surface area contributed by atoms with Crippen LogP contribution < -0.4 is 21.3 Å². The third kappa shape index (κ3) is 13.0. The Morgan fingerprint density at radius 2 is 1.19 bits per heavy atom. The van der Waals surface area contributed by atoms with Gasteiger partial charge in [0.05, 0.1) is 0 Å². The summed E-state index contributed by atoms with van der Waals surface area (Å²) in [7, 11) is 0. The van der Waals surface area contributed by atoms with Crippen molar-refractivity contribution in [1.29, 1.82) is 0 Å². The molecule has 1 aromatic carbocycles. The molecule has 0 saturated carbocycles. The predicted octanol–water partition coefficient (Wildman–Crippen LogP) is 4.98. The summed E-state index contributed by atoms with van der Waals surface area (Å²) in [6.45, 7) is 15.1. The fraction of sp³-hybridized carbons (Fsp3) is 0.760.